The normalized spacial score (nSPS) is 11.5. The largest absolute Gasteiger partial charge is 0.309 e. The van der Waals surface area contributed by atoms with Crippen molar-refractivity contribution in [3.8, 4) is 135 Å². The SMILES string of the molecule is c1ccc(-c2cc(-c3ccccc3)nc(-c3cccc(-c4ccc5c(c4)c4ccccc4n5-c4ccc(-c5ccc6c7ccccc7n(-c7ccccc7)c6c5)cc4)c3)n2)cc1.c1ccc(-c2cc(-c3ccccc3)nc(-c3cccc(-c4ccc5c(c4)c4ccccc4n5-c4ccc(-c5cccc6c5c5ccccc5n6-c5ccccc5)cc4)c3)n2)cc1. The number of rotatable bonds is 14. The van der Waals surface area contributed by atoms with Gasteiger partial charge in [-0.2, -0.15) is 0 Å². The van der Waals surface area contributed by atoms with Gasteiger partial charge in [0, 0.05) is 99.2 Å². The van der Waals surface area contributed by atoms with Crippen LogP contribution in [0.5, 0.6) is 0 Å². The van der Waals surface area contributed by atoms with Crippen LogP contribution in [0.4, 0.5) is 0 Å². The lowest BCUT2D eigenvalue weighted by molar-refractivity contribution is 1.18. The van der Waals surface area contributed by atoms with Crippen LogP contribution in [0, 0.1) is 0 Å². The molecule has 0 aliphatic rings. The molecule has 24 rings (SSSR count). The van der Waals surface area contributed by atoms with Crippen molar-refractivity contribution in [1.82, 2.24) is 38.2 Å². The monoisotopic (exact) mass is 1580 g/mol. The second kappa shape index (κ2) is 30.9. The smallest absolute Gasteiger partial charge is 0.160 e. The van der Waals surface area contributed by atoms with Gasteiger partial charge in [0.15, 0.2) is 11.6 Å². The summed E-state index contributed by atoms with van der Waals surface area (Å²) in [6.07, 6.45) is 0. The van der Waals surface area contributed by atoms with Gasteiger partial charge in [0.25, 0.3) is 0 Å². The fourth-order valence-corrected chi connectivity index (χ4v) is 18.4. The van der Waals surface area contributed by atoms with Crippen molar-refractivity contribution in [3.05, 3.63) is 461 Å². The average Bonchev–Trinajstić information content (AvgIpc) is 1.59. The van der Waals surface area contributed by atoms with E-state index in [9.17, 15) is 0 Å². The Labute approximate surface area is 716 Å². The van der Waals surface area contributed by atoms with E-state index in [-0.39, 0.29) is 0 Å². The molecule has 18 aromatic carbocycles. The van der Waals surface area contributed by atoms with Crippen molar-refractivity contribution in [2.24, 2.45) is 0 Å². The van der Waals surface area contributed by atoms with E-state index in [1.54, 1.807) is 0 Å². The molecule has 0 fully saturated rings. The quantitative estimate of drug-likeness (QED) is 0.109. The minimum Gasteiger partial charge on any atom is -0.309 e. The maximum atomic E-state index is 5.11. The summed E-state index contributed by atoms with van der Waals surface area (Å²) in [7, 11) is 0. The summed E-state index contributed by atoms with van der Waals surface area (Å²) < 4.78 is 9.54. The second-order valence-corrected chi connectivity index (χ2v) is 31.6. The lowest BCUT2D eigenvalue weighted by Gasteiger charge is -2.12. The molecule has 0 radical (unpaired) electrons. The minimum absolute atomic E-state index is 0.700. The number of para-hydroxylation sites is 6. The molecule has 0 atom stereocenters. The molecule has 0 saturated carbocycles. The predicted molar refractivity (Wildman–Crippen MR) is 516 cm³/mol. The van der Waals surface area contributed by atoms with E-state index >= 15 is 0 Å². The van der Waals surface area contributed by atoms with Gasteiger partial charge in [0.2, 0.25) is 0 Å². The Balaban J connectivity index is 0.000000143. The Hall–Kier alpha value is -16.7. The van der Waals surface area contributed by atoms with Gasteiger partial charge in [-0.15, -0.1) is 0 Å². The number of benzene rings is 18. The summed E-state index contributed by atoms with van der Waals surface area (Å²) in [4.78, 5) is 20.4. The van der Waals surface area contributed by atoms with E-state index in [2.05, 4.69) is 455 Å². The number of nitrogens with zero attached hydrogens (tertiary/aromatic N) is 8. The summed E-state index contributed by atoms with van der Waals surface area (Å²) in [5, 5.41) is 9.88. The standard InChI is InChI=1S/2C58H38N4/c1-4-16-40(17-5-1)51-38-52(41-18-6-2-7-19-41)60-58(59-51)44-21-14-20-42(36-44)43-32-35-55-50(37-43)48-24-10-12-27-53(48)61(55)46-33-30-39(31-34-46)47-26-15-29-56-57(47)49-25-11-13-28-54(49)62(56)45-22-8-3-9-23-45;1-4-15-40(16-5-1)52-38-53(41-17-6-2-7-18-41)60-58(59-52)45-20-14-19-42(35-45)43-30-34-56-51(36-43)49-24-11-13-26-55(49)61(56)47-31-27-39(28-32-47)44-29-33-50-48-23-10-12-25-54(48)62(57(50)37-44)46-21-8-3-9-22-46/h2*1-38H. The van der Waals surface area contributed by atoms with Crippen LogP contribution in [0.2, 0.25) is 0 Å². The molecule has 0 spiro atoms. The number of hydrogen-bond acceptors (Lipinski definition) is 4. The molecule has 124 heavy (non-hydrogen) atoms. The topological polar surface area (TPSA) is 71.3 Å². The summed E-state index contributed by atoms with van der Waals surface area (Å²) >= 11 is 0. The van der Waals surface area contributed by atoms with Gasteiger partial charge in [-0.3, -0.25) is 0 Å². The first-order chi connectivity index (χ1) is 61.5. The van der Waals surface area contributed by atoms with Crippen LogP contribution < -0.4 is 0 Å². The first kappa shape index (κ1) is 72.5. The Morgan fingerprint density at radius 3 is 0.847 bits per heavy atom. The van der Waals surface area contributed by atoms with Gasteiger partial charge in [-0.1, -0.05) is 328 Å². The summed E-state index contributed by atoms with van der Waals surface area (Å²) in [5.41, 5.74) is 33.1. The fourth-order valence-electron chi connectivity index (χ4n) is 18.4. The third-order valence-corrected chi connectivity index (χ3v) is 24.3. The molecule has 0 N–H and O–H groups in total. The molecule has 8 nitrogen and oxygen atoms in total. The van der Waals surface area contributed by atoms with Gasteiger partial charge in [0.05, 0.1) is 66.9 Å². The zero-order valence-electron chi connectivity index (χ0n) is 67.5. The average molecular weight is 1580 g/mol. The van der Waals surface area contributed by atoms with Crippen LogP contribution in [0.25, 0.3) is 222 Å². The lowest BCUT2D eigenvalue weighted by atomic mass is 9.99. The first-order valence-corrected chi connectivity index (χ1v) is 42.1. The van der Waals surface area contributed by atoms with E-state index in [1.165, 1.54) is 109 Å². The molecule has 0 bridgehead atoms. The molecule has 0 aliphatic heterocycles. The van der Waals surface area contributed by atoms with Crippen LogP contribution in [0.1, 0.15) is 0 Å². The molecule has 6 aromatic heterocycles. The van der Waals surface area contributed by atoms with Gasteiger partial charge >= 0.3 is 0 Å². The molecular weight excluding hydrogens is 1510 g/mol. The predicted octanol–water partition coefficient (Wildman–Crippen LogP) is 30.0. The third kappa shape index (κ3) is 13.1. The molecule has 0 saturated heterocycles. The zero-order chi connectivity index (χ0) is 82.0. The lowest BCUT2D eigenvalue weighted by Crippen LogP contribution is -1.96. The zero-order valence-corrected chi connectivity index (χ0v) is 67.5. The summed E-state index contributed by atoms with van der Waals surface area (Å²) in [5.74, 6) is 1.40. The molecule has 580 valence electrons. The van der Waals surface area contributed by atoms with Crippen LogP contribution in [0.15, 0.2) is 461 Å². The maximum Gasteiger partial charge on any atom is 0.160 e. The van der Waals surface area contributed by atoms with E-state index in [1.807, 2.05) is 24.3 Å². The molecule has 0 amide bonds. The van der Waals surface area contributed by atoms with Crippen molar-refractivity contribution in [1.29, 1.82) is 0 Å². The van der Waals surface area contributed by atoms with Crippen LogP contribution in [0.3, 0.4) is 0 Å². The first-order valence-electron chi connectivity index (χ1n) is 42.1. The Morgan fingerprint density at radius 2 is 0.411 bits per heavy atom. The number of fused-ring (bicyclic) bond motifs is 12. The van der Waals surface area contributed by atoms with Crippen molar-refractivity contribution in [2.45, 2.75) is 0 Å². The minimum atomic E-state index is 0.700. The van der Waals surface area contributed by atoms with E-state index in [0.717, 1.165) is 101 Å². The van der Waals surface area contributed by atoms with Crippen LogP contribution in [-0.2, 0) is 0 Å². The van der Waals surface area contributed by atoms with E-state index in [0.29, 0.717) is 11.6 Å². The van der Waals surface area contributed by atoms with Gasteiger partial charge in [-0.25, -0.2) is 19.9 Å². The second-order valence-electron chi connectivity index (χ2n) is 31.6. The van der Waals surface area contributed by atoms with Crippen LogP contribution in [-0.4, -0.2) is 38.2 Å². The Morgan fingerprint density at radius 1 is 0.137 bits per heavy atom. The molecule has 0 unspecified atom stereocenters. The summed E-state index contributed by atoms with van der Waals surface area (Å²) in [6, 6.07) is 164. The molecule has 8 heteroatoms. The van der Waals surface area contributed by atoms with Crippen molar-refractivity contribution in [3.63, 3.8) is 0 Å². The highest BCUT2D eigenvalue weighted by Crippen LogP contribution is 2.44. The number of hydrogen-bond donors (Lipinski definition) is 0. The Bertz CT molecular complexity index is 8020. The highest BCUT2D eigenvalue weighted by atomic mass is 15.0. The van der Waals surface area contributed by atoms with Crippen molar-refractivity contribution >= 4 is 87.2 Å². The maximum absolute atomic E-state index is 5.11. The van der Waals surface area contributed by atoms with Gasteiger partial charge < -0.3 is 18.3 Å². The highest BCUT2D eigenvalue weighted by Gasteiger charge is 2.22. The van der Waals surface area contributed by atoms with E-state index < -0.39 is 0 Å². The highest BCUT2D eigenvalue weighted by molar-refractivity contribution is 6.17. The third-order valence-electron chi connectivity index (χ3n) is 24.3. The van der Waals surface area contributed by atoms with E-state index in [4.69, 9.17) is 19.9 Å². The Kier molecular flexibility index (Phi) is 18.1. The molecule has 24 aromatic rings. The number of aromatic nitrogens is 8. The van der Waals surface area contributed by atoms with Crippen molar-refractivity contribution < 1.29 is 0 Å². The van der Waals surface area contributed by atoms with Gasteiger partial charge in [-0.05, 0) is 178 Å². The fraction of sp³-hybridized carbons (Fsp3) is 0. The van der Waals surface area contributed by atoms with Crippen LogP contribution >= 0.6 is 0 Å². The molecule has 6 heterocycles. The summed E-state index contributed by atoms with van der Waals surface area (Å²) in [6.45, 7) is 0. The van der Waals surface area contributed by atoms with Crippen molar-refractivity contribution in [2.75, 3.05) is 0 Å². The molecular formula is C116H76N8. The molecule has 0 aliphatic carbocycles. The van der Waals surface area contributed by atoms with Gasteiger partial charge in [0.1, 0.15) is 0 Å².